The molecule has 0 unspecified atom stereocenters. The van der Waals surface area contributed by atoms with Crippen molar-refractivity contribution in [1.82, 2.24) is 4.90 Å². The first kappa shape index (κ1) is 15.7. The Morgan fingerprint density at radius 1 is 1.16 bits per heavy atom. The molecule has 0 aliphatic carbocycles. The second-order valence-electron chi connectivity index (χ2n) is 4.64. The summed E-state index contributed by atoms with van der Waals surface area (Å²) in [5.74, 6) is 0. The van der Waals surface area contributed by atoms with Gasteiger partial charge in [-0.05, 0) is 31.5 Å². The van der Waals surface area contributed by atoms with Gasteiger partial charge in [-0.3, -0.25) is 4.90 Å². The van der Waals surface area contributed by atoms with E-state index in [0.717, 1.165) is 43.6 Å². The van der Waals surface area contributed by atoms with Crippen molar-refractivity contribution in [3.05, 3.63) is 35.4 Å². The summed E-state index contributed by atoms with van der Waals surface area (Å²) < 4.78 is 0. The third-order valence-electron chi connectivity index (χ3n) is 3.07. The first-order chi connectivity index (χ1) is 9.26. The van der Waals surface area contributed by atoms with Crippen LogP contribution in [-0.2, 0) is 6.54 Å². The van der Waals surface area contributed by atoms with Crippen LogP contribution in [0.25, 0.3) is 0 Å². The van der Waals surface area contributed by atoms with Crippen LogP contribution in [0.2, 0.25) is 0 Å². The highest BCUT2D eigenvalue weighted by atomic mass is 16.4. The highest BCUT2D eigenvalue weighted by Gasteiger charge is 2.11. The molecule has 0 aliphatic heterocycles. The minimum atomic E-state index is -0.255. The van der Waals surface area contributed by atoms with Crippen LogP contribution in [0.1, 0.15) is 37.8 Å². The van der Waals surface area contributed by atoms with E-state index in [2.05, 4.69) is 23.9 Å². The van der Waals surface area contributed by atoms with Crippen LogP contribution in [-0.4, -0.2) is 40.6 Å². The van der Waals surface area contributed by atoms with E-state index in [4.69, 9.17) is 5.21 Å². The largest absolute Gasteiger partial charge is 0.411 e. The number of aliphatic hydroxyl groups excluding tert-OH is 1. The smallest absolute Gasteiger partial charge is 0.112 e. The maximum atomic E-state index is 9.24. The van der Waals surface area contributed by atoms with Crippen LogP contribution in [0.4, 0.5) is 0 Å². The Morgan fingerprint density at radius 2 is 1.79 bits per heavy atom. The van der Waals surface area contributed by atoms with Crippen LogP contribution < -0.4 is 0 Å². The Bertz CT molecular complexity index is 399. The molecule has 0 aliphatic rings. The van der Waals surface area contributed by atoms with Gasteiger partial charge in [0.15, 0.2) is 0 Å². The van der Waals surface area contributed by atoms with E-state index in [1.165, 1.54) is 0 Å². The van der Waals surface area contributed by atoms with E-state index in [0.29, 0.717) is 5.71 Å². The summed E-state index contributed by atoms with van der Waals surface area (Å²) >= 11 is 0. The van der Waals surface area contributed by atoms with Crippen LogP contribution in [0.15, 0.2) is 29.4 Å². The third kappa shape index (κ3) is 4.65. The van der Waals surface area contributed by atoms with E-state index >= 15 is 0 Å². The fraction of sp³-hybridized carbons (Fsp3) is 0.533. The topological polar surface area (TPSA) is 56.1 Å². The molecule has 4 nitrogen and oxygen atoms in total. The Morgan fingerprint density at radius 3 is 2.32 bits per heavy atom. The van der Waals surface area contributed by atoms with Gasteiger partial charge in [-0.15, -0.1) is 0 Å². The molecule has 0 saturated heterocycles. The Kier molecular flexibility index (Phi) is 7.15. The molecule has 0 fully saturated rings. The second kappa shape index (κ2) is 8.67. The van der Waals surface area contributed by atoms with Crippen molar-refractivity contribution in [2.24, 2.45) is 5.16 Å². The Hall–Kier alpha value is -1.39. The molecule has 106 valence electrons. The average Bonchev–Trinajstić information content (AvgIpc) is 2.42. The van der Waals surface area contributed by atoms with Crippen molar-refractivity contribution in [3.63, 3.8) is 0 Å². The van der Waals surface area contributed by atoms with Gasteiger partial charge in [-0.1, -0.05) is 43.3 Å². The fourth-order valence-electron chi connectivity index (χ4n) is 2.25. The predicted molar refractivity (Wildman–Crippen MR) is 77.7 cm³/mol. The number of oxime groups is 1. The van der Waals surface area contributed by atoms with Crippen molar-refractivity contribution >= 4 is 5.71 Å². The van der Waals surface area contributed by atoms with Crippen LogP contribution in [0.5, 0.6) is 0 Å². The number of rotatable bonds is 8. The molecule has 1 aromatic carbocycles. The lowest BCUT2D eigenvalue weighted by molar-refractivity contribution is 0.266. The normalized spacial score (nSPS) is 12.1. The molecule has 0 aromatic heterocycles. The van der Waals surface area contributed by atoms with Crippen LogP contribution in [0, 0.1) is 0 Å². The van der Waals surface area contributed by atoms with Crippen LogP contribution >= 0.6 is 0 Å². The van der Waals surface area contributed by atoms with Gasteiger partial charge >= 0.3 is 0 Å². The summed E-state index contributed by atoms with van der Waals surface area (Å²) in [6.45, 7) is 7.00. The molecule has 2 N–H and O–H groups in total. The van der Waals surface area contributed by atoms with E-state index in [9.17, 15) is 5.11 Å². The van der Waals surface area contributed by atoms with Crippen molar-refractivity contribution < 1.29 is 10.3 Å². The monoisotopic (exact) mass is 264 g/mol. The Labute approximate surface area is 115 Å². The summed E-state index contributed by atoms with van der Waals surface area (Å²) in [6.07, 6.45) is 2.23. The fourth-order valence-corrected chi connectivity index (χ4v) is 2.25. The zero-order valence-electron chi connectivity index (χ0n) is 11.8. The molecular formula is C15H24N2O2. The molecule has 0 bridgehead atoms. The maximum Gasteiger partial charge on any atom is 0.112 e. The number of nitrogens with zero attached hydrogens (tertiary/aromatic N) is 2. The average molecular weight is 264 g/mol. The van der Waals surface area contributed by atoms with Crippen molar-refractivity contribution in [3.8, 4) is 0 Å². The van der Waals surface area contributed by atoms with Crippen molar-refractivity contribution in [2.75, 3.05) is 19.7 Å². The molecule has 0 radical (unpaired) electrons. The minimum absolute atomic E-state index is 0.255. The third-order valence-corrected chi connectivity index (χ3v) is 3.07. The Balaban J connectivity index is 2.93. The number of benzene rings is 1. The van der Waals surface area contributed by atoms with Crippen LogP contribution in [0.3, 0.4) is 0 Å². The standard InChI is InChI=1S/C15H24N2O2/c1-3-9-17(10-4-2)11-13-7-5-6-8-14(13)15(12-18)16-19/h5-8,18-19H,3-4,9-12H2,1-2H3/b16-15+. The zero-order valence-corrected chi connectivity index (χ0v) is 11.8. The van der Waals surface area contributed by atoms with E-state index < -0.39 is 0 Å². The number of aliphatic hydroxyl groups is 1. The van der Waals surface area contributed by atoms with Gasteiger partial charge in [0, 0.05) is 12.1 Å². The summed E-state index contributed by atoms with van der Waals surface area (Å²) in [7, 11) is 0. The van der Waals surface area contributed by atoms with Gasteiger partial charge < -0.3 is 10.3 Å². The molecular weight excluding hydrogens is 240 g/mol. The highest BCUT2D eigenvalue weighted by molar-refractivity contribution is 6.02. The molecule has 4 heteroatoms. The lowest BCUT2D eigenvalue weighted by atomic mass is 10.0. The molecule has 0 saturated carbocycles. The van der Waals surface area contributed by atoms with Gasteiger partial charge in [0.05, 0.1) is 6.61 Å². The van der Waals surface area contributed by atoms with Gasteiger partial charge in [0.2, 0.25) is 0 Å². The second-order valence-corrected chi connectivity index (χ2v) is 4.64. The van der Waals surface area contributed by atoms with Gasteiger partial charge in [-0.2, -0.15) is 0 Å². The molecule has 0 heterocycles. The summed E-state index contributed by atoms with van der Waals surface area (Å²) in [4.78, 5) is 2.38. The SMILES string of the molecule is CCCN(CCC)Cc1ccccc1/C(CO)=N/O. The molecule has 1 aromatic rings. The van der Waals surface area contributed by atoms with Gasteiger partial charge in [0.25, 0.3) is 0 Å². The van der Waals surface area contributed by atoms with E-state index in [-0.39, 0.29) is 6.61 Å². The molecule has 0 spiro atoms. The van der Waals surface area contributed by atoms with E-state index in [1.807, 2.05) is 24.3 Å². The summed E-state index contributed by atoms with van der Waals surface area (Å²) in [5, 5.41) is 21.4. The first-order valence-electron chi connectivity index (χ1n) is 6.89. The highest BCUT2D eigenvalue weighted by Crippen LogP contribution is 2.13. The predicted octanol–water partition coefficient (Wildman–Crippen LogP) is 2.48. The molecule has 1 rings (SSSR count). The zero-order chi connectivity index (χ0) is 14.1. The first-order valence-corrected chi connectivity index (χ1v) is 6.89. The maximum absolute atomic E-state index is 9.24. The molecule has 19 heavy (non-hydrogen) atoms. The van der Waals surface area contributed by atoms with Crippen molar-refractivity contribution in [2.45, 2.75) is 33.2 Å². The lowest BCUT2D eigenvalue weighted by Crippen LogP contribution is -2.26. The van der Waals surface area contributed by atoms with Gasteiger partial charge in [0.1, 0.15) is 5.71 Å². The van der Waals surface area contributed by atoms with Gasteiger partial charge in [-0.25, -0.2) is 0 Å². The number of hydrogen-bond acceptors (Lipinski definition) is 4. The minimum Gasteiger partial charge on any atom is -0.411 e. The lowest BCUT2D eigenvalue weighted by Gasteiger charge is -2.22. The summed E-state index contributed by atoms with van der Waals surface area (Å²) in [6, 6.07) is 7.77. The van der Waals surface area contributed by atoms with E-state index in [1.54, 1.807) is 0 Å². The molecule has 0 atom stereocenters. The molecule has 0 amide bonds. The quantitative estimate of drug-likeness (QED) is 0.431. The number of hydrogen-bond donors (Lipinski definition) is 2. The van der Waals surface area contributed by atoms with Crippen molar-refractivity contribution in [1.29, 1.82) is 0 Å². The summed E-state index contributed by atoms with van der Waals surface area (Å²) in [5.41, 5.74) is 2.24.